The summed E-state index contributed by atoms with van der Waals surface area (Å²) in [6, 6.07) is 5.03. The van der Waals surface area contributed by atoms with Crippen LogP contribution in [0.3, 0.4) is 0 Å². The van der Waals surface area contributed by atoms with Gasteiger partial charge in [0.1, 0.15) is 0 Å². The SMILES string of the molecule is COC(=O)c1cc(Cl)ccc1NC(=O)N1CCN2CCC[C@@H]2C1. The van der Waals surface area contributed by atoms with E-state index in [4.69, 9.17) is 16.3 Å². The molecule has 1 aromatic carbocycles. The lowest BCUT2D eigenvalue weighted by molar-refractivity contribution is 0.0602. The quantitative estimate of drug-likeness (QED) is 0.842. The predicted octanol–water partition coefficient (Wildman–Crippen LogP) is 2.44. The number of fused-ring (bicyclic) bond motifs is 1. The summed E-state index contributed by atoms with van der Waals surface area (Å²) in [6.07, 6.45) is 2.34. The number of benzene rings is 1. The van der Waals surface area contributed by atoms with Crippen molar-refractivity contribution in [3.8, 4) is 0 Å². The average molecular weight is 338 g/mol. The molecule has 1 aromatic rings. The number of nitrogens with one attached hydrogen (secondary N) is 1. The largest absolute Gasteiger partial charge is 0.465 e. The summed E-state index contributed by atoms with van der Waals surface area (Å²) in [5.74, 6) is -0.525. The Balaban J connectivity index is 1.71. The Labute approximate surface area is 140 Å². The van der Waals surface area contributed by atoms with Crippen LogP contribution in [0.2, 0.25) is 5.02 Å². The van der Waals surface area contributed by atoms with Gasteiger partial charge in [0.15, 0.2) is 0 Å². The highest BCUT2D eigenvalue weighted by Gasteiger charge is 2.32. The molecule has 1 atom stereocenters. The number of carbonyl (C=O) groups excluding carboxylic acids is 2. The van der Waals surface area contributed by atoms with E-state index in [1.165, 1.54) is 19.6 Å². The highest BCUT2D eigenvalue weighted by molar-refractivity contribution is 6.31. The maximum absolute atomic E-state index is 12.5. The van der Waals surface area contributed by atoms with Crippen molar-refractivity contribution in [2.45, 2.75) is 18.9 Å². The molecule has 0 spiro atoms. The molecular formula is C16H20ClN3O3. The maximum atomic E-state index is 12.5. The first-order valence-electron chi connectivity index (χ1n) is 7.76. The lowest BCUT2D eigenvalue weighted by Crippen LogP contribution is -2.53. The number of urea groups is 1. The van der Waals surface area contributed by atoms with Crippen molar-refractivity contribution in [1.29, 1.82) is 0 Å². The van der Waals surface area contributed by atoms with E-state index in [9.17, 15) is 9.59 Å². The van der Waals surface area contributed by atoms with E-state index >= 15 is 0 Å². The zero-order valence-electron chi connectivity index (χ0n) is 13.0. The van der Waals surface area contributed by atoms with Gasteiger partial charge in [-0.2, -0.15) is 0 Å². The number of nitrogens with zero attached hydrogens (tertiary/aromatic N) is 2. The van der Waals surface area contributed by atoms with Gasteiger partial charge in [-0.1, -0.05) is 11.6 Å². The van der Waals surface area contributed by atoms with Crippen molar-refractivity contribution in [1.82, 2.24) is 9.80 Å². The predicted molar refractivity (Wildman–Crippen MR) is 88.0 cm³/mol. The molecule has 124 valence electrons. The number of hydrogen-bond donors (Lipinski definition) is 1. The van der Waals surface area contributed by atoms with Crippen LogP contribution in [0.1, 0.15) is 23.2 Å². The minimum Gasteiger partial charge on any atom is -0.465 e. The minimum absolute atomic E-state index is 0.191. The van der Waals surface area contributed by atoms with Crippen LogP contribution < -0.4 is 5.32 Å². The number of halogens is 1. The van der Waals surface area contributed by atoms with Gasteiger partial charge in [-0.3, -0.25) is 4.90 Å². The normalized spacial score (nSPS) is 21.0. The van der Waals surface area contributed by atoms with Crippen molar-refractivity contribution in [2.24, 2.45) is 0 Å². The first kappa shape index (κ1) is 16.1. The second-order valence-corrected chi connectivity index (χ2v) is 6.33. The van der Waals surface area contributed by atoms with Crippen LogP contribution in [0.25, 0.3) is 0 Å². The number of ether oxygens (including phenoxy) is 1. The zero-order chi connectivity index (χ0) is 16.4. The van der Waals surface area contributed by atoms with Crippen LogP contribution >= 0.6 is 11.6 Å². The summed E-state index contributed by atoms with van der Waals surface area (Å²) in [5.41, 5.74) is 0.674. The third-order valence-corrected chi connectivity index (χ3v) is 4.74. The van der Waals surface area contributed by atoms with Gasteiger partial charge in [-0.25, -0.2) is 9.59 Å². The smallest absolute Gasteiger partial charge is 0.340 e. The van der Waals surface area contributed by atoms with Crippen molar-refractivity contribution < 1.29 is 14.3 Å². The molecular weight excluding hydrogens is 318 g/mol. The molecule has 0 aliphatic carbocycles. The first-order valence-corrected chi connectivity index (χ1v) is 8.14. The second-order valence-electron chi connectivity index (χ2n) is 5.89. The molecule has 0 aromatic heterocycles. The van der Waals surface area contributed by atoms with Gasteiger partial charge >= 0.3 is 12.0 Å². The highest BCUT2D eigenvalue weighted by atomic mass is 35.5. The number of rotatable bonds is 2. The van der Waals surface area contributed by atoms with E-state index < -0.39 is 5.97 Å². The van der Waals surface area contributed by atoms with E-state index in [2.05, 4.69) is 10.2 Å². The molecule has 3 rings (SSSR count). The number of carbonyl (C=O) groups is 2. The van der Waals surface area contributed by atoms with Crippen molar-refractivity contribution in [3.63, 3.8) is 0 Å². The molecule has 0 radical (unpaired) electrons. The molecule has 0 unspecified atom stereocenters. The van der Waals surface area contributed by atoms with Crippen LogP contribution in [0.4, 0.5) is 10.5 Å². The Morgan fingerprint density at radius 1 is 1.30 bits per heavy atom. The standard InChI is InChI=1S/C16H20ClN3O3/c1-23-15(21)13-9-11(17)4-5-14(13)18-16(22)20-8-7-19-6-2-3-12(19)10-20/h4-5,9,12H,2-3,6-8,10H2,1H3,(H,18,22)/t12-/m1/s1. The lowest BCUT2D eigenvalue weighted by Gasteiger charge is -2.37. The van der Waals surface area contributed by atoms with Gasteiger partial charge in [0.25, 0.3) is 0 Å². The fourth-order valence-electron chi connectivity index (χ4n) is 3.27. The van der Waals surface area contributed by atoms with E-state index in [0.717, 1.165) is 26.1 Å². The number of anilines is 1. The minimum atomic E-state index is -0.525. The van der Waals surface area contributed by atoms with Crippen LogP contribution in [0.15, 0.2) is 18.2 Å². The third-order valence-electron chi connectivity index (χ3n) is 4.50. The molecule has 1 N–H and O–H groups in total. The zero-order valence-corrected chi connectivity index (χ0v) is 13.8. The molecule has 0 saturated carbocycles. The van der Waals surface area contributed by atoms with Crippen molar-refractivity contribution in [3.05, 3.63) is 28.8 Å². The van der Waals surface area contributed by atoms with Crippen molar-refractivity contribution in [2.75, 3.05) is 38.6 Å². The van der Waals surface area contributed by atoms with E-state index in [-0.39, 0.29) is 11.6 Å². The van der Waals surface area contributed by atoms with E-state index in [0.29, 0.717) is 23.3 Å². The van der Waals surface area contributed by atoms with Gasteiger partial charge < -0.3 is 15.0 Å². The van der Waals surface area contributed by atoms with Gasteiger partial charge in [0.05, 0.1) is 18.4 Å². The molecule has 2 saturated heterocycles. The summed E-state index contributed by atoms with van der Waals surface area (Å²) < 4.78 is 4.75. The summed E-state index contributed by atoms with van der Waals surface area (Å²) in [5, 5.41) is 3.23. The number of esters is 1. The second kappa shape index (κ2) is 6.76. The molecule has 2 heterocycles. The number of piperazine rings is 1. The molecule has 23 heavy (non-hydrogen) atoms. The first-order chi connectivity index (χ1) is 11.1. The van der Waals surface area contributed by atoms with Crippen molar-refractivity contribution >= 4 is 29.3 Å². The van der Waals surface area contributed by atoms with E-state index in [1.54, 1.807) is 12.1 Å². The lowest BCUT2D eigenvalue weighted by atomic mass is 10.1. The summed E-state index contributed by atoms with van der Waals surface area (Å²) in [7, 11) is 1.30. The molecule has 2 aliphatic rings. The van der Waals surface area contributed by atoms with Gasteiger partial charge in [0.2, 0.25) is 0 Å². The van der Waals surface area contributed by atoms with Gasteiger partial charge in [-0.05, 0) is 37.6 Å². The summed E-state index contributed by atoms with van der Waals surface area (Å²) in [4.78, 5) is 28.6. The highest BCUT2D eigenvalue weighted by Crippen LogP contribution is 2.24. The fraction of sp³-hybridized carbons (Fsp3) is 0.500. The third kappa shape index (κ3) is 3.43. The Bertz CT molecular complexity index is 623. The topological polar surface area (TPSA) is 61.9 Å². The number of methoxy groups -OCH3 is 1. The fourth-order valence-corrected chi connectivity index (χ4v) is 3.45. The average Bonchev–Trinajstić information content (AvgIpc) is 3.03. The molecule has 2 amide bonds. The van der Waals surface area contributed by atoms with Crippen LogP contribution in [-0.2, 0) is 4.74 Å². The molecule has 2 aliphatic heterocycles. The summed E-state index contributed by atoms with van der Waals surface area (Å²) in [6.45, 7) is 3.46. The molecule has 7 heteroatoms. The van der Waals surface area contributed by atoms with Gasteiger partial charge in [0, 0.05) is 30.7 Å². The molecule has 0 bridgehead atoms. The monoisotopic (exact) mass is 337 g/mol. The summed E-state index contributed by atoms with van der Waals surface area (Å²) >= 11 is 5.93. The molecule has 6 nitrogen and oxygen atoms in total. The number of amides is 2. The van der Waals surface area contributed by atoms with Gasteiger partial charge in [-0.15, -0.1) is 0 Å². The Morgan fingerprint density at radius 2 is 2.13 bits per heavy atom. The van der Waals surface area contributed by atoms with Crippen LogP contribution in [-0.4, -0.2) is 61.1 Å². The van der Waals surface area contributed by atoms with Crippen LogP contribution in [0.5, 0.6) is 0 Å². The Hall–Kier alpha value is -1.79. The Morgan fingerprint density at radius 3 is 2.91 bits per heavy atom. The van der Waals surface area contributed by atoms with E-state index in [1.807, 2.05) is 4.90 Å². The maximum Gasteiger partial charge on any atom is 0.340 e. The molecule has 2 fully saturated rings. The van der Waals surface area contributed by atoms with Crippen LogP contribution in [0, 0.1) is 0 Å². The Kier molecular flexibility index (Phi) is 4.73. The number of hydrogen-bond acceptors (Lipinski definition) is 4.